The van der Waals surface area contributed by atoms with Crippen LogP contribution in [0.3, 0.4) is 0 Å². The molecule has 0 bridgehead atoms. The summed E-state index contributed by atoms with van der Waals surface area (Å²) in [5.41, 5.74) is 1.98. The molecular weight excluding hydrogens is 468 g/mol. The molecule has 1 heterocycles. The fourth-order valence-corrected chi connectivity index (χ4v) is 4.14. The Labute approximate surface area is 195 Å². The lowest BCUT2D eigenvalue weighted by molar-refractivity contribution is 0.0694. The molecule has 1 N–H and O–H groups in total. The summed E-state index contributed by atoms with van der Waals surface area (Å²) in [4.78, 5) is 40.4. The zero-order valence-corrected chi connectivity index (χ0v) is 19.0. The zero-order chi connectivity index (χ0) is 22.5. The van der Waals surface area contributed by atoms with Gasteiger partial charge in [0.05, 0.1) is 5.56 Å². The average molecular weight is 491 g/mol. The van der Waals surface area contributed by atoms with Crippen molar-refractivity contribution in [1.82, 2.24) is 10.2 Å². The Bertz CT molecular complexity index is 1120. The van der Waals surface area contributed by atoms with Crippen LogP contribution in [0.25, 0.3) is 0 Å². The van der Waals surface area contributed by atoms with Crippen LogP contribution in [0.15, 0.2) is 83.3 Å². The molecule has 162 valence electrons. The van der Waals surface area contributed by atoms with Crippen LogP contribution < -0.4 is 5.32 Å². The number of nitrogens with zero attached hydrogens (tertiary/aromatic N) is 1. The molecule has 0 aromatic heterocycles. The van der Waals surface area contributed by atoms with E-state index < -0.39 is 0 Å². The van der Waals surface area contributed by atoms with Crippen molar-refractivity contribution in [3.8, 4) is 0 Å². The van der Waals surface area contributed by atoms with Crippen LogP contribution in [0, 0.1) is 0 Å². The Morgan fingerprint density at radius 2 is 1.34 bits per heavy atom. The van der Waals surface area contributed by atoms with Crippen molar-refractivity contribution in [2.45, 2.75) is 18.9 Å². The molecule has 3 aromatic carbocycles. The van der Waals surface area contributed by atoms with Crippen molar-refractivity contribution in [3.63, 3.8) is 0 Å². The van der Waals surface area contributed by atoms with Crippen LogP contribution in [-0.2, 0) is 0 Å². The van der Waals surface area contributed by atoms with Gasteiger partial charge in [-0.25, -0.2) is 0 Å². The third kappa shape index (κ3) is 4.97. The third-order valence-electron chi connectivity index (χ3n) is 5.66. The van der Waals surface area contributed by atoms with Gasteiger partial charge < -0.3 is 10.2 Å². The highest BCUT2D eigenvalue weighted by Crippen LogP contribution is 2.21. The number of carbonyl (C=O) groups is 3. The zero-order valence-electron chi connectivity index (χ0n) is 17.5. The topological polar surface area (TPSA) is 66.5 Å². The number of hydrogen-bond acceptors (Lipinski definition) is 3. The van der Waals surface area contributed by atoms with E-state index in [0.717, 1.165) is 4.47 Å². The molecule has 1 aliphatic heterocycles. The maximum absolute atomic E-state index is 13.2. The first-order valence-corrected chi connectivity index (χ1v) is 11.4. The van der Waals surface area contributed by atoms with Crippen LogP contribution in [0.1, 0.15) is 49.5 Å². The number of piperidine rings is 1. The minimum Gasteiger partial charge on any atom is -0.349 e. The van der Waals surface area contributed by atoms with Gasteiger partial charge in [0.2, 0.25) is 0 Å². The van der Waals surface area contributed by atoms with Gasteiger partial charge in [-0.05, 0) is 55.3 Å². The van der Waals surface area contributed by atoms with E-state index in [1.807, 2.05) is 30.3 Å². The van der Waals surface area contributed by atoms with Gasteiger partial charge in [0.25, 0.3) is 11.8 Å². The first kappa shape index (κ1) is 22.0. The van der Waals surface area contributed by atoms with Gasteiger partial charge >= 0.3 is 0 Å². The van der Waals surface area contributed by atoms with Crippen molar-refractivity contribution >= 4 is 33.5 Å². The summed E-state index contributed by atoms with van der Waals surface area (Å²) >= 11 is 3.38. The van der Waals surface area contributed by atoms with Crippen molar-refractivity contribution in [2.24, 2.45) is 0 Å². The Hall–Kier alpha value is -3.25. The molecule has 32 heavy (non-hydrogen) atoms. The van der Waals surface area contributed by atoms with E-state index in [1.54, 1.807) is 53.4 Å². The van der Waals surface area contributed by atoms with Gasteiger partial charge in [0, 0.05) is 40.3 Å². The number of ketones is 1. The quantitative estimate of drug-likeness (QED) is 0.526. The molecule has 2 amide bonds. The van der Waals surface area contributed by atoms with Crippen molar-refractivity contribution in [2.75, 3.05) is 13.1 Å². The minimum absolute atomic E-state index is 0.0198. The number of nitrogens with one attached hydrogen (secondary N) is 1. The molecule has 0 saturated carbocycles. The molecule has 0 atom stereocenters. The lowest BCUT2D eigenvalue weighted by atomic mass is 9.96. The Kier molecular flexibility index (Phi) is 6.81. The summed E-state index contributed by atoms with van der Waals surface area (Å²) in [6.07, 6.45) is 1.35. The standard InChI is InChI=1S/C26H23BrN2O3/c27-20-12-10-18(11-13-20)24(30)22-8-4-5-9-23(22)26(32)29-16-14-21(15-17-29)28-25(31)19-6-2-1-3-7-19/h1-13,21H,14-17H2,(H,28,31). The van der Waals surface area contributed by atoms with Gasteiger partial charge in [-0.2, -0.15) is 0 Å². The summed E-state index contributed by atoms with van der Waals surface area (Å²) in [7, 11) is 0. The molecule has 1 fully saturated rings. The number of amides is 2. The summed E-state index contributed by atoms with van der Waals surface area (Å²) in [5.74, 6) is -0.425. The summed E-state index contributed by atoms with van der Waals surface area (Å²) in [6.45, 7) is 1.05. The molecule has 6 heteroatoms. The van der Waals surface area contributed by atoms with Crippen LogP contribution >= 0.6 is 15.9 Å². The van der Waals surface area contributed by atoms with Crippen LogP contribution in [0.5, 0.6) is 0 Å². The maximum Gasteiger partial charge on any atom is 0.254 e. The van der Waals surface area contributed by atoms with Gasteiger partial charge in [-0.15, -0.1) is 0 Å². The molecule has 5 nitrogen and oxygen atoms in total. The van der Waals surface area contributed by atoms with Crippen molar-refractivity contribution < 1.29 is 14.4 Å². The second-order valence-corrected chi connectivity index (χ2v) is 8.70. The van der Waals surface area contributed by atoms with Crippen molar-refractivity contribution in [3.05, 3.63) is 106 Å². The number of benzene rings is 3. The van der Waals surface area contributed by atoms with E-state index in [4.69, 9.17) is 0 Å². The molecule has 0 spiro atoms. The summed E-state index contributed by atoms with van der Waals surface area (Å²) in [5, 5.41) is 3.06. The first-order valence-electron chi connectivity index (χ1n) is 10.6. The van der Waals surface area contributed by atoms with E-state index in [0.29, 0.717) is 48.2 Å². The predicted octanol–water partition coefficient (Wildman–Crippen LogP) is 4.71. The van der Waals surface area contributed by atoms with Gasteiger partial charge in [0.15, 0.2) is 5.78 Å². The van der Waals surface area contributed by atoms with Crippen LogP contribution in [0.4, 0.5) is 0 Å². The second-order valence-electron chi connectivity index (χ2n) is 7.79. The number of rotatable bonds is 5. The minimum atomic E-state index is -0.175. The van der Waals surface area contributed by atoms with Crippen molar-refractivity contribution in [1.29, 1.82) is 0 Å². The number of hydrogen-bond donors (Lipinski definition) is 1. The fraction of sp³-hybridized carbons (Fsp3) is 0.192. The third-order valence-corrected chi connectivity index (χ3v) is 6.19. The molecular formula is C26H23BrN2O3. The fourth-order valence-electron chi connectivity index (χ4n) is 3.88. The SMILES string of the molecule is O=C(NC1CCN(C(=O)c2ccccc2C(=O)c2ccc(Br)cc2)CC1)c1ccccc1. The van der Waals surface area contributed by atoms with E-state index >= 15 is 0 Å². The largest absolute Gasteiger partial charge is 0.349 e. The van der Waals surface area contributed by atoms with E-state index in [-0.39, 0.29) is 23.6 Å². The lowest BCUT2D eigenvalue weighted by Crippen LogP contribution is -2.46. The predicted molar refractivity (Wildman–Crippen MR) is 127 cm³/mol. The van der Waals surface area contributed by atoms with E-state index in [9.17, 15) is 14.4 Å². The Balaban J connectivity index is 1.42. The molecule has 1 saturated heterocycles. The molecule has 0 aliphatic carbocycles. The second kappa shape index (κ2) is 9.92. The summed E-state index contributed by atoms with van der Waals surface area (Å²) < 4.78 is 0.889. The van der Waals surface area contributed by atoms with Gasteiger partial charge in [-0.3, -0.25) is 14.4 Å². The maximum atomic E-state index is 13.2. The van der Waals surface area contributed by atoms with Crippen LogP contribution in [-0.4, -0.2) is 41.6 Å². The highest BCUT2D eigenvalue weighted by molar-refractivity contribution is 9.10. The molecule has 0 radical (unpaired) electrons. The Morgan fingerprint density at radius 1 is 0.750 bits per heavy atom. The highest BCUT2D eigenvalue weighted by atomic mass is 79.9. The molecule has 4 rings (SSSR count). The van der Waals surface area contributed by atoms with Gasteiger partial charge in [0.1, 0.15) is 0 Å². The molecule has 3 aromatic rings. The first-order chi connectivity index (χ1) is 15.5. The average Bonchev–Trinajstić information content (AvgIpc) is 2.84. The number of carbonyl (C=O) groups excluding carboxylic acids is 3. The lowest BCUT2D eigenvalue weighted by Gasteiger charge is -2.32. The summed E-state index contributed by atoms with van der Waals surface area (Å²) in [6, 6.07) is 23.2. The normalized spacial score (nSPS) is 14.1. The Morgan fingerprint density at radius 3 is 2.00 bits per heavy atom. The van der Waals surface area contributed by atoms with E-state index in [1.165, 1.54) is 0 Å². The number of halogens is 1. The number of likely N-dealkylation sites (tertiary alicyclic amines) is 1. The highest BCUT2D eigenvalue weighted by Gasteiger charge is 2.27. The smallest absolute Gasteiger partial charge is 0.254 e. The molecule has 1 aliphatic rings. The monoisotopic (exact) mass is 490 g/mol. The molecule has 0 unspecified atom stereocenters. The van der Waals surface area contributed by atoms with Gasteiger partial charge in [-0.1, -0.05) is 52.3 Å². The van der Waals surface area contributed by atoms with Crippen LogP contribution in [0.2, 0.25) is 0 Å². The van der Waals surface area contributed by atoms with E-state index in [2.05, 4.69) is 21.2 Å².